The molecule has 2 heterocycles. The molecule has 8 amide bonds. The van der Waals surface area contributed by atoms with Crippen LogP contribution in [0.5, 0.6) is 0 Å². The third-order valence-electron chi connectivity index (χ3n) is 8.43. The summed E-state index contributed by atoms with van der Waals surface area (Å²) in [6.45, 7) is 7.32. The number of likely N-dealkylation sites (tertiary alicyclic amines) is 1. The van der Waals surface area contributed by atoms with Gasteiger partial charge in [0.1, 0.15) is 36.3 Å². The highest BCUT2D eigenvalue weighted by Gasteiger charge is 2.37. The lowest BCUT2D eigenvalue weighted by atomic mass is 10.0. The molecule has 18 heteroatoms. The minimum atomic E-state index is -1.18. The Morgan fingerprint density at radius 2 is 1.54 bits per heavy atom. The Hall–Kier alpha value is -5.81. The summed E-state index contributed by atoms with van der Waals surface area (Å²) in [5, 5.41) is 15.4. The van der Waals surface area contributed by atoms with Gasteiger partial charge in [0.15, 0.2) is 0 Å². The summed E-state index contributed by atoms with van der Waals surface area (Å²) in [6, 6.07) is 2.06. The average Bonchev–Trinajstić information content (AvgIpc) is 3.81. The number of benzene rings is 1. The van der Waals surface area contributed by atoms with Crippen LogP contribution in [0.3, 0.4) is 0 Å². The fourth-order valence-corrected chi connectivity index (χ4v) is 5.53. The largest absolute Gasteiger partial charge is 0.368 e. The van der Waals surface area contributed by atoms with Crippen LogP contribution in [-0.2, 0) is 44.8 Å². The lowest BCUT2D eigenvalue weighted by Gasteiger charge is -2.27. The molecule has 0 unspecified atom stereocenters. The fourth-order valence-electron chi connectivity index (χ4n) is 5.53. The zero-order valence-corrected chi connectivity index (χ0v) is 29.9. The number of carbonyl (C=O) groups is 8. The smallest absolute Gasteiger partial charge is 0.247 e. The van der Waals surface area contributed by atoms with E-state index in [1.807, 2.05) is 0 Å². The van der Waals surface area contributed by atoms with Crippen LogP contribution in [0.15, 0.2) is 42.9 Å². The highest BCUT2D eigenvalue weighted by atomic mass is 16.2. The zero-order chi connectivity index (χ0) is 38.5. The topological polar surface area (TPSA) is 267 Å². The van der Waals surface area contributed by atoms with Crippen LogP contribution in [0.4, 0.5) is 0 Å². The van der Waals surface area contributed by atoms with E-state index in [1.54, 1.807) is 44.2 Å². The van der Waals surface area contributed by atoms with Gasteiger partial charge in [-0.15, -0.1) is 0 Å². The van der Waals surface area contributed by atoms with Gasteiger partial charge in [0.25, 0.3) is 0 Å². The Morgan fingerprint density at radius 3 is 2.13 bits per heavy atom. The van der Waals surface area contributed by atoms with Crippen molar-refractivity contribution in [3.8, 4) is 0 Å². The van der Waals surface area contributed by atoms with Gasteiger partial charge in [0.05, 0.1) is 12.9 Å². The number of nitrogens with one attached hydrogen (secondary N) is 7. The molecule has 0 spiro atoms. The molecule has 1 saturated heterocycles. The number of aromatic nitrogens is 2. The van der Waals surface area contributed by atoms with Gasteiger partial charge in [-0.3, -0.25) is 38.4 Å². The number of primary amides is 1. The van der Waals surface area contributed by atoms with Gasteiger partial charge in [-0.1, -0.05) is 44.2 Å². The number of carbonyl (C=O) groups excluding carboxylic acids is 8. The molecule has 0 radical (unpaired) electrons. The summed E-state index contributed by atoms with van der Waals surface area (Å²) in [7, 11) is 0. The number of nitrogens with two attached hydrogens (primary N) is 1. The van der Waals surface area contributed by atoms with Crippen LogP contribution in [0.25, 0.3) is 0 Å². The molecule has 1 aromatic carbocycles. The van der Waals surface area contributed by atoms with Gasteiger partial charge >= 0.3 is 0 Å². The van der Waals surface area contributed by atoms with E-state index in [9.17, 15) is 38.4 Å². The maximum Gasteiger partial charge on any atom is 0.247 e. The van der Waals surface area contributed by atoms with Crippen LogP contribution in [0.2, 0.25) is 0 Å². The van der Waals surface area contributed by atoms with Crippen molar-refractivity contribution in [1.82, 2.24) is 46.8 Å². The highest BCUT2D eigenvalue weighted by Crippen LogP contribution is 2.20. The summed E-state index contributed by atoms with van der Waals surface area (Å²) >= 11 is 0. The highest BCUT2D eigenvalue weighted by molar-refractivity contribution is 5.97. The van der Waals surface area contributed by atoms with Gasteiger partial charge in [-0.25, -0.2) is 4.98 Å². The van der Waals surface area contributed by atoms with Crippen LogP contribution in [0.1, 0.15) is 64.8 Å². The number of hydrogen-bond donors (Lipinski definition) is 8. The first-order chi connectivity index (χ1) is 24.6. The van der Waals surface area contributed by atoms with Crippen molar-refractivity contribution in [3.63, 3.8) is 0 Å². The molecule has 1 aromatic heterocycles. The van der Waals surface area contributed by atoms with Crippen LogP contribution >= 0.6 is 0 Å². The molecule has 1 aliphatic rings. The number of aromatic amines is 1. The molecule has 6 atom stereocenters. The second-order valence-corrected chi connectivity index (χ2v) is 12.9. The van der Waals surface area contributed by atoms with Crippen molar-refractivity contribution in [1.29, 1.82) is 0 Å². The number of rotatable bonds is 17. The molecule has 0 bridgehead atoms. The minimum Gasteiger partial charge on any atom is -0.368 e. The molecule has 52 heavy (non-hydrogen) atoms. The van der Waals surface area contributed by atoms with Gasteiger partial charge in [-0.2, -0.15) is 0 Å². The Balaban J connectivity index is 1.62. The quantitative estimate of drug-likeness (QED) is 0.0901. The minimum absolute atomic E-state index is 0.00462. The van der Waals surface area contributed by atoms with Crippen molar-refractivity contribution >= 4 is 47.3 Å². The van der Waals surface area contributed by atoms with E-state index < -0.39 is 90.1 Å². The Morgan fingerprint density at radius 1 is 0.865 bits per heavy atom. The van der Waals surface area contributed by atoms with Gasteiger partial charge in [-0.05, 0) is 38.2 Å². The zero-order valence-electron chi connectivity index (χ0n) is 29.9. The fraction of sp³-hybridized carbons (Fsp3) is 0.500. The van der Waals surface area contributed by atoms with Crippen molar-refractivity contribution < 1.29 is 38.4 Å². The molecule has 0 aliphatic carbocycles. The van der Waals surface area contributed by atoms with Gasteiger partial charge < -0.3 is 47.5 Å². The Bertz CT molecular complexity index is 1600. The average molecular weight is 725 g/mol. The summed E-state index contributed by atoms with van der Waals surface area (Å²) in [6.07, 6.45) is 3.70. The first-order valence-electron chi connectivity index (χ1n) is 17.0. The van der Waals surface area contributed by atoms with Crippen LogP contribution < -0.4 is 37.6 Å². The normalized spacial score (nSPS) is 16.7. The van der Waals surface area contributed by atoms with Crippen molar-refractivity contribution in [2.24, 2.45) is 11.7 Å². The number of imidazole rings is 1. The van der Waals surface area contributed by atoms with E-state index in [0.717, 1.165) is 0 Å². The molecule has 282 valence electrons. The molecule has 18 nitrogen and oxygen atoms in total. The predicted octanol–water partition coefficient (Wildman–Crippen LogP) is -1.94. The third-order valence-corrected chi connectivity index (χ3v) is 8.43. The number of amides is 8. The van der Waals surface area contributed by atoms with Crippen LogP contribution in [-0.4, -0.2) is 105 Å². The number of H-pyrrole nitrogens is 1. The molecule has 3 rings (SSSR count). The maximum atomic E-state index is 13.5. The molecular weight excluding hydrogens is 676 g/mol. The molecule has 1 fully saturated rings. The second kappa shape index (κ2) is 19.0. The van der Waals surface area contributed by atoms with E-state index in [-0.39, 0.29) is 18.9 Å². The molecule has 9 N–H and O–H groups in total. The standard InChI is InChI=1S/C34H48N10O8/c1-18(2)27(41-21(5)45)33(51)42-24(14-23-15-36-17-38-23)31(49)40-20(4)30(48)37-16-26(46)44-13-9-12-25(44)32(50)43-28(22-10-7-6-8-11-22)34(52)39-19(3)29(35)47/h6-8,10-11,15,17-20,24-25,27-28H,9,12-14,16H2,1-5H3,(H2,35,47)(H,36,38)(H,37,48)(H,39,52)(H,40,49)(H,41,45)(H,42,51)(H,43,50)/t19-,20-,24-,25-,27-,28-/m0/s1. The summed E-state index contributed by atoms with van der Waals surface area (Å²) in [4.78, 5) is 111. The lowest BCUT2D eigenvalue weighted by Crippen LogP contribution is -2.58. The summed E-state index contributed by atoms with van der Waals surface area (Å²) in [5.41, 5.74) is 6.27. The van der Waals surface area contributed by atoms with Crippen molar-refractivity contribution in [2.45, 2.75) is 90.1 Å². The first kappa shape index (κ1) is 40.6. The molecule has 2 aromatic rings. The van der Waals surface area contributed by atoms with E-state index in [2.05, 4.69) is 41.9 Å². The van der Waals surface area contributed by atoms with Crippen molar-refractivity contribution in [3.05, 3.63) is 54.1 Å². The van der Waals surface area contributed by atoms with Crippen LogP contribution in [0, 0.1) is 5.92 Å². The van der Waals surface area contributed by atoms with E-state index in [4.69, 9.17) is 5.73 Å². The molecular formula is C34H48N10O8. The summed E-state index contributed by atoms with van der Waals surface area (Å²) in [5.74, 6) is -5.26. The number of nitrogens with zero attached hydrogens (tertiary/aromatic N) is 2. The monoisotopic (exact) mass is 724 g/mol. The van der Waals surface area contributed by atoms with E-state index in [0.29, 0.717) is 24.1 Å². The molecule has 0 saturated carbocycles. The SMILES string of the molecule is CC(=O)N[C@H](C(=O)N[C@@H](Cc1cnc[nH]1)C(=O)N[C@@H](C)C(=O)NCC(=O)N1CCC[C@H]1C(=O)N[C@H](C(=O)N[C@@H](C)C(N)=O)c1ccccc1)C(C)C. The molecule has 1 aliphatic heterocycles. The van der Waals surface area contributed by atoms with Gasteiger partial charge in [0.2, 0.25) is 47.3 Å². The maximum absolute atomic E-state index is 13.5. The summed E-state index contributed by atoms with van der Waals surface area (Å²) < 4.78 is 0. The second-order valence-electron chi connectivity index (χ2n) is 12.9. The predicted molar refractivity (Wildman–Crippen MR) is 186 cm³/mol. The van der Waals surface area contributed by atoms with Gasteiger partial charge in [0, 0.05) is 31.8 Å². The number of hydrogen-bond acceptors (Lipinski definition) is 9. The third kappa shape index (κ3) is 11.6. The Kier molecular flexibility index (Phi) is 14.8. The van der Waals surface area contributed by atoms with E-state index in [1.165, 1.54) is 38.2 Å². The lowest BCUT2D eigenvalue weighted by molar-refractivity contribution is -0.140. The Labute approximate surface area is 301 Å². The van der Waals surface area contributed by atoms with E-state index >= 15 is 0 Å². The first-order valence-corrected chi connectivity index (χ1v) is 17.0. The van der Waals surface area contributed by atoms with Crippen molar-refractivity contribution in [2.75, 3.05) is 13.1 Å².